The summed E-state index contributed by atoms with van der Waals surface area (Å²) >= 11 is 0. The van der Waals surface area contributed by atoms with Crippen molar-refractivity contribution in [3.63, 3.8) is 0 Å². The number of hydrogen-bond acceptors (Lipinski definition) is 9. The zero-order valence-corrected chi connectivity index (χ0v) is 24.6. The van der Waals surface area contributed by atoms with E-state index in [-0.39, 0.29) is 35.7 Å². The molecule has 232 valence electrons. The highest BCUT2D eigenvalue weighted by molar-refractivity contribution is 5.84. The molecule has 0 unspecified atom stereocenters. The second-order valence-electron chi connectivity index (χ2n) is 12.2. The van der Waals surface area contributed by atoms with E-state index in [1.54, 1.807) is 44.2 Å². The molecule has 0 spiro atoms. The first-order valence-corrected chi connectivity index (χ1v) is 15.1. The lowest BCUT2D eigenvalue weighted by Gasteiger charge is -2.35. The first kappa shape index (κ1) is 29.6. The van der Waals surface area contributed by atoms with Crippen LogP contribution in [0.2, 0.25) is 0 Å². The van der Waals surface area contributed by atoms with E-state index in [0.29, 0.717) is 62.3 Å². The molecule has 3 aromatic rings. The molecule has 2 N–H and O–H groups in total. The minimum absolute atomic E-state index is 0.0895. The summed E-state index contributed by atoms with van der Waals surface area (Å²) in [5.41, 5.74) is 0.109. The molecule has 13 heteroatoms. The summed E-state index contributed by atoms with van der Waals surface area (Å²) in [5.74, 6) is 0.698. The van der Waals surface area contributed by atoms with Gasteiger partial charge in [-0.1, -0.05) is 12.1 Å². The molecule has 6 rings (SSSR count). The summed E-state index contributed by atoms with van der Waals surface area (Å²) in [6, 6.07) is 8.48. The summed E-state index contributed by atoms with van der Waals surface area (Å²) in [6.45, 7) is 6.70. The predicted octanol–water partition coefficient (Wildman–Crippen LogP) is 3.24. The Morgan fingerprint density at radius 2 is 1.81 bits per heavy atom. The fourth-order valence-electron chi connectivity index (χ4n) is 6.18. The fourth-order valence-corrected chi connectivity index (χ4v) is 6.18. The van der Waals surface area contributed by atoms with Crippen LogP contribution in [0.25, 0.3) is 16.9 Å². The number of aliphatic hydroxyl groups is 1. The minimum Gasteiger partial charge on any atom is -0.474 e. The number of alkyl halides is 2. The number of hydrogen-bond donors (Lipinski definition) is 2. The average Bonchev–Trinajstić information content (AvgIpc) is 3.57. The molecule has 3 fully saturated rings. The van der Waals surface area contributed by atoms with E-state index in [9.17, 15) is 18.7 Å². The van der Waals surface area contributed by atoms with E-state index in [4.69, 9.17) is 19.4 Å². The van der Waals surface area contributed by atoms with Crippen LogP contribution in [0, 0.1) is 0 Å². The summed E-state index contributed by atoms with van der Waals surface area (Å²) in [7, 11) is 0. The van der Waals surface area contributed by atoms with Gasteiger partial charge in [-0.05, 0) is 58.1 Å². The lowest BCUT2D eigenvalue weighted by molar-refractivity contribution is -0.132. The predicted molar refractivity (Wildman–Crippen MR) is 156 cm³/mol. The van der Waals surface area contributed by atoms with Gasteiger partial charge in [0.05, 0.1) is 35.9 Å². The number of likely N-dealkylation sites (tertiary alicyclic amines) is 1. The van der Waals surface area contributed by atoms with Gasteiger partial charge in [0.15, 0.2) is 5.82 Å². The third-order valence-corrected chi connectivity index (χ3v) is 8.38. The Bertz CT molecular complexity index is 1430. The van der Waals surface area contributed by atoms with Gasteiger partial charge >= 0.3 is 0 Å². The van der Waals surface area contributed by atoms with Crippen LogP contribution in [-0.2, 0) is 9.53 Å². The quantitative estimate of drug-likeness (QED) is 0.382. The number of carbonyl (C=O) groups is 1. The number of imidazole rings is 1. The van der Waals surface area contributed by atoms with Crippen LogP contribution in [0.1, 0.15) is 58.2 Å². The number of nitrogens with zero attached hydrogens (tertiary/aromatic N) is 6. The highest BCUT2D eigenvalue weighted by Crippen LogP contribution is 2.32. The van der Waals surface area contributed by atoms with Crippen molar-refractivity contribution in [1.82, 2.24) is 29.7 Å². The van der Waals surface area contributed by atoms with Crippen LogP contribution in [0.3, 0.4) is 0 Å². The molecular weight excluding hydrogens is 560 g/mol. The second kappa shape index (κ2) is 12.3. The molecule has 1 aliphatic carbocycles. The van der Waals surface area contributed by atoms with Crippen molar-refractivity contribution in [2.75, 3.05) is 44.3 Å². The molecule has 0 bridgehead atoms. The average molecular weight is 600 g/mol. The Morgan fingerprint density at radius 3 is 2.53 bits per heavy atom. The number of amides is 1. The maximum Gasteiger partial charge on any atom is 0.296 e. The van der Waals surface area contributed by atoms with Crippen molar-refractivity contribution in [2.24, 2.45) is 0 Å². The van der Waals surface area contributed by atoms with Gasteiger partial charge in [0.2, 0.25) is 17.7 Å². The lowest BCUT2D eigenvalue weighted by Crippen LogP contribution is -2.47. The maximum absolute atomic E-state index is 14.2. The van der Waals surface area contributed by atoms with E-state index in [1.165, 1.54) is 4.57 Å². The van der Waals surface area contributed by atoms with Crippen molar-refractivity contribution in [1.29, 1.82) is 0 Å². The number of anilines is 1. The molecule has 1 amide bonds. The molecule has 0 radical (unpaired) electrons. The largest absolute Gasteiger partial charge is 0.474 e. The normalized spacial score (nSPS) is 23.5. The molecule has 2 saturated heterocycles. The standard InChI is InChI=1S/C30H39F2N7O4/c1-30(2,41)18-33-22-11-12-38(28(22)40)19-7-9-20(10-8-19)43-25-17-24(35-29(36-25)37-13-15-42-16-14-37)39-23-6-4-3-5-21(23)34-27(39)26(31)32/h3-6,17,19-20,22,26,33,41H,7-16,18H2,1-2H3/t19?,20?,22-/m0/s1. The Balaban J connectivity index is 1.19. The van der Waals surface area contributed by atoms with Gasteiger partial charge in [-0.2, -0.15) is 9.97 Å². The number of rotatable bonds is 9. The number of ether oxygens (including phenoxy) is 2. The third-order valence-electron chi connectivity index (χ3n) is 8.38. The van der Waals surface area contributed by atoms with E-state index < -0.39 is 12.0 Å². The van der Waals surface area contributed by atoms with Crippen molar-refractivity contribution in [3.8, 4) is 11.7 Å². The Labute approximate surface area is 249 Å². The minimum atomic E-state index is -2.80. The molecule has 43 heavy (non-hydrogen) atoms. The zero-order valence-electron chi connectivity index (χ0n) is 24.6. The first-order valence-electron chi connectivity index (χ1n) is 15.1. The van der Waals surface area contributed by atoms with Crippen LogP contribution in [0.5, 0.6) is 5.88 Å². The second-order valence-corrected chi connectivity index (χ2v) is 12.2. The van der Waals surface area contributed by atoms with Crippen LogP contribution >= 0.6 is 0 Å². The van der Waals surface area contributed by atoms with Gasteiger partial charge in [0.1, 0.15) is 11.9 Å². The molecule has 2 aliphatic heterocycles. The monoisotopic (exact) mass is 599 g/mol. The van der Waals surface area contributed by atoms with E-state index >= 15 is 0 Å². The number of halogens is 2. The van der Waals surface area contributed by atoms with Gasteiger partial charge in [0.25, 0.3) is 6.43 Å². The summed E-state index contributed by atoms with van der Waals surface area (Å²) < 4.78 is 41.6. The van der Waals surface area contributed by atoms with E-state index in [0.717, 1.165) is 32.1 Å². The third kappa shape index (κ3) is 6.58. The number of nitrogens with one attached hydrogen (secondary N) is 1. The molecular formula is C30H39F2N7O4. The van der Waals surface area contributed by atoms with Gasteiger partial charge < -0.3 is 29.7 Å². The molecule has 2 aromatic heterocycles. The van der Waals surface area contributed by atoms with Crippen molar-refractivity contribution >= 4 is 22.9 Å². The fraction of sp³-hybridized carbons (Fsp3) is 0.600. The number of para-hydroxylation sites is 2. The zero-order chi connectivity index (χ0) is 30.1. The Kier molecular flexibility index (Phi) is 8.47. The van der Waals surface area contributed by atoms with Crippen LogP contribution in [0.15, 0.2) is 30.3 Å². The number of morpholine rings is 1. The highest BCUT2D eigenvalue weighted by atomic mass is 19.3. The SMILES string of the molecule is CC(C)(O)CN[C@H]1CCN(C2CCC(Oc3cc(-n4c(C(F)F)nc5ccccc54)nc(N4CCOCC4)n3)CC2)C1=O. The van der Waals surface area contributed by atoms with Gasteiger partial charge in [-0.25, -0.2) is 13.8 Å². The van der Waals surface area contributed by atoms with Crippen LogP contribution < -0.4 is 15.0 Å². The highest BCUT2D eigenvalue weighted by Gasteiger charge is 2.38. The summed E-state index contributed by atoms with van der Waals surface area (Å²) in [6.07, 6.45) is 0.856. The maximum atomic E-state index is 14.2. The number of benzene rings is 1. The molecule has 1 aromatic carbocycles. The Hall–Kier alpha value is -3.42. The molecule has 4 heterocycles. The summed E-state index contributed by atoms with van der Waals surface area (Å²) in [5, 5.41) is 13.2. The molecule has 3 aliphatic rings. The Morgan fingerprint density at radius 1 is 1.07 bits per heavy atom. The van der Waals surface area contributed by atoms with Crippen LogP contribution in [0.4, 0.5) is 14.7 Å². The molecule has 1 atom stereocenters. The number of aromatic nitrogens is 4. The van der Waals surface area contributed by atoms with Gasteiger partial charge in [0, 0.05) is 38.3 Å². The molecule has 11 nitrogen and oxygen atoms in total. The smallest absolute Gasteiger partial charge is 0.296 e. The van der Waals surface area contributed by atoms with E-state index in [1.807, 2.05) is 9.80 Å². The number of carbonyl (C=O) groups excluding carboxylic acids is 1. The lowest BCUT2D eigenvalue weighted by atomic mass is 9.92. The molecule has 1 saturated carbocycles. The summed E-state index contributed by atoms with van der Waals surface area (Å²) in [4.78, 5) is 30.6. The van der Waals surface area contributed by atoms with Crippen molar-refractivity contribution < 1.29 is 28.2 Å². The van der Waals surface area contributed by atoms with Crippen molar-refractivity contribution in [3.05, 3.63) is 36.2 Å². The van der Waals surface area contributed by atoms with Crippen LogP contribution in [-0.4, -0.2) is 98.6 Å². The first-order chi connectivity index (χ1) is 20.7. The van der Waals surface area contributed by atoms with Crippen molar-refractivity contribution in [2.45, 2.75) is 76.2 Å². The topological polar surface area (TPSA) is 118 Å². The number of fused-ring (bicyclic) bond motifs is 1. The van der Waals surface area contributed by atoms with Gasteiger partial charge in [-0.15, -0.1) is 0 Å². The van der Waals surface area contributed by atoms with Gasteiger partial charge in [-0.3, -0.25) is 9.36 Å². The van der Waals surface area contributed by atoms with E-state index in [2.05, 4.69) is 10.3 Å².